The minimum Gasteiger partial charge on any atom is -0.497 e. The lowest BCUT2D eigenvalue weighted by molar-refractivity contribution is -0.176. The second-order valence-corrected chi connectivity index (χ2v) is 8.18. The summed E-state index contributed by atoms with van der Waals surface area (Å²) in [5, 5.41) is 1.79. The van der Waals surface area contributed by atoms with Gasteiger partial charge in [-0.05, 0) is 23.6 Å². The molecular weight excluding hydrogens is 428 g/mol. The van der Waals surface area contributed by atoms with Gasteiger partial charge >= 0.3 is 11.9 Å². The fourth-order valence-corrected chi connectivity index (χ4v) is 4.90. The number of ketones is 1. The lowest BCUT2D eigenvalue weighted by atomic mass is 9.73. The van der Waals surface area contributed by atoms with Crippen molar-refractivity contribution in [3.63, 3.8) is 0 Å². The molecule has 33 heavy (non-hydrogen) atoms. The molecule has 2 aromatic rings. The summed E-state index contributed by atoms with van der Waals surface area (Å²) in [4.78, 5) is 36.7. The number of benzene rings is 2. The predicted molar refractivity (Wildman–Crippen MR) is 115 cm³/mol. The maximum absolute atomic E-state index is 13.0. The molecule has 0 bridgehead atoms. The Hall–Kier alpha value is -3.81. The van der Waals surface area contributed by atoms with Crippen molar-refractivity contribution < 1.29 is 38.1 Å². The molecule has 5 rings (SSSR count). The number of fused-ring (bicyclic) bond motifs is 2. The molecular formula is C25H22O8. The van der Waals surface area contributed by atoms with Crippen LogP contribution >= 0.6 is 0 Å². The minimum atomic E-state index is -1.38. The Morgan fingerprint density at radius 1 is 1.00 bits per heavy atom. The van der Waals surface area contributed by atoms with E-state index >= 15 is 0 Å². The number of ether oxygens (including phenoxy) is 5. The molecule has 1 aliphatic heterocycles. The molecule has 8 nitrogen and oxygen atoms in total. The first-order chi connectivity index (χ1) is 15.8. The molecule has 2 aromatic carbocycles. The first-order valence-corrected chi connectivity index (χ1v) is 10.6. The van der Waals surface area contributed by atoms with Crippen LogP contribution in [0.3, 0.4) is 0 Å². The Bertz CT molecular complexity index is 1200. The monoisotopic (exact) mass is 450 g/mol. The first kappa shape index (κ1) is 21.1. The lowest BCUT2D eigenvalue weighted by Gasteiger charge is -2.47. The minimum absolute atomic E-state index is 0.116. The van der Waals surface area contributed by atoms with Crippen molar-refractivity contribution in [2.75, 3.05) is 7.11 Å². The zero-order valence-electron chi connectivity index (χ0n) is 18.3. The number of carbonyl (C=O) groups is 3. The van der Waals surface area contributed by atoms with Gasteiger partial charge in [-0.1, -0.05) is 24.3 Å². The second-order valence-electron chi connectivity index (χ2n) is 8.18. The average Bonchev–Trinajstić information content (AvgIpc) is 2.77. The standard InChI is InChI=1S/C25H22O8/c1-13(26)30-20-12-16-22(24(29-3)23(20)31-14(2)27)17(28)10-11-25(16)32-18-8-4-6-15-7-5-9-19(33-25)21(15)18/h4-11,16,20,23H,12H2,1-3H3/t16?,20-,23-/m1/s1. The van der Waals surface area contributed by atoms with Gasteiger partial charge in [0.05, 0.1) is 24.0 Å². The van der Waals surface area contributed by atoms with E-state index in [1.807, 2.05) is 36.4 Å². The van der Waals surface area contributed by atoms with E-state index in [1.165, 1.54) is 27.0 Å². The first-order valence-electron chi connectivity index (χ1n) is 10.6. The van der Waals surface area contributed by atoms with Crippen LogP contribution in [0.25, 0.3) is 10.8 Å². The van der Waals surface area contributed by atoms with Crippen LogP contribution in [0, 0.1) is 5.92 Å². The molecule has 170 valence electrons. The van der Waals surface area contributed by atoms with Gasteiger partial charge in [0.15, 0.2) is 11.9 Å². The van der Waals surface area contributed by atoms with Crippen molar-refractivity contribution >= 4 is 28.5 Å². The summed E-state index contributed by atoms with van der Waals surface area (Å²) in [6.45, 7) is 2.51. The van der Waals surface area contributed by atoms with Crippen LogP contribution in [-0.4, -0.2) is 42.8 Å². The Labute approximate surface area is 189 Å². The van der Waals surface area contributed by atoms with E-state index in [1.54, 1.807) is 6.08 Å². The van der Waals surface area contributed by atoms with Gasteiger partial charge < -0.3 is 23.7 Å². The van der Waals surface area contributed by atoms with Crippen LogP contribution in [0.15, 0.2) is 59.9 Å². The predicted octanol–water partition coefficient (Wildman–Crippen LogP) is 3.23. The number of carbonyl (C=O) groups excluding carboxylic acids is 3. The fraction of sp³-hybridized carbons (Fsp3) is 0.320. The Kier molecular flexibility index (Phi) is 4.88. The van der Waals surface area contributed by atoms with Crippen molar-refractivity contribution in [3.8, 4) is 11.5 Å². The highest BCUT2D eigenvalue weighted by Crippen LogP contribution is 2.50. The van der Waals surface area contributed by atoms with E-state index in [9.17, 15) is 14.4 Å². The zero-order valence-corrected chi connectivity index (χ0v) is 18.3. The Morgan fingerprint density at radius 3 is 2.21 bits per heavy atom. The highest BCUT2D eigenvalue weighted by atomic mass is 16.7. The van der Waals surface area contributed by atoms with Gasteiger partial charge in [-0.3, -0.25) is 14.4 Å². The molecule has 1 spiro atoms. The van der Waals surface area contributed by atoms with Crippen molar-refractivity contribution in [1.29, 1.82) is 0 Å². The van der Waals surface area contributed by atoms with E-state index < -0.39 is 35.9 Å². The zero-order chi connectivity index (χ0) is 23.3. The van der Waals surface area contributed by atoms with Gasteiger partial charge in [0.1, 0.15) is 23.4 Å². The van der Waals surface area contributed by atoms with Crippen LogP contribution in [0.1, 0.15) is 20.3 Å². The maximum Gasteiger partial charge on any atom is 0.303 e. The molecule has 0 amide bonds. The summed E-state index contributed by atoms with van der Waals surface area (Å²) in [6.07, 6.45) is 1.12. The van der Waals surface area contributed by atoms with Crippen molar-refractivity contribution in [2.45, 2.75) is 38.3 Å². The number of allylic oxidation sites excluding steroid dienone is 1. The SMILES string of the molecule is COC1=C2C(=O)C=CC3(Oc4cccc5cccc(c45)O3)C2C[C@@H](OC(C)=O)[C@H]1OC(C)=O. The van der Waals surface area contributed by atoms with Crippen LogP contribution in [0.5, 0.6) is 11.5 Å². The number of rotatable bonds is 3. The summed E-state index contributed by atoms with van der Waals surface area (Å²) >= 11 is 0. The van der Waals surface area contributed by atoms with Crippen molar-refractivity contribution in [1.82, 2.24) is 0 Å². The molecule has 1 heterocycles. The molecule has 1 unspecified atom stereocenters. The molecule has 0 saturated carbocycles. The lowest BCUT2D eigenvalue weighted by Crippen LogP contribution is -2.57. The summed E-state index contributed by atoms with van der Waals surface area (Å²) in [5.74, 6) is -2.19. The quantitative estimate of drug-likeness (QED) is 0.658. The summed E-state index contributed by atoms with van der Waals surface area (Å²) < 4.78 is 29.3. The maximum atomic E-state index is 13.0. The normalized spacial score (nSPS) is 24.6. The van der Waals surface area contributed by atoms with Gasteiger partial charge in [0, 0.05) is 26.3 Å². The van der Waals surface area contributed by atoms with Crippen LogP contribution in [-0.2, 0) is 28.6 Å². The van der Waals surface area contributed by atoms with Crippen molar-refractivity contribution in [2.24, 2.45) is 5.92 Å². The Balaban J connectivity index is 1.67. The van der Waals surface area contributed by atoms with Crippen LogP contribution in [0.4, 0.5) is 0 Å². The second kappa shape index (κ2) is 7.65. The van der Waals surface area contributed by atoms with Gasteiger partial charge in [0.2, 0.25) is 0 Å². The highest BCUT2D eigenvalue weighted by Gasteiger charge is 2.57. The Morgan fingerprint density at radius 2 is 1.64 bits per heavy atom. The summed E-state index contributed by atoms with van der Waals surface area (Å²) in [7, 11) is 1.38. The third-order valence-electron chi connectivity index (χ3n) is 6.09. The van der Waals surface area contributed by atoms with E-state index in [0.717, 1.165) is 10.8 Å². The molecule has 0 aromatic heterocycles. The van der Waals surface area contributed by atoms with Gasteiger partial charge in [0.25, 0.3) is 5.79 Å². The molecule has 3 aliphatic rings. The molecule has 2 aliphatic carbocycles. The van der Waals surface area contributed by atoms with Crippen LogP contribution in [0.2, 0.25) is 0 Å². The van der Waals surface area contributed by atoms with E-state index in [0.29, 0.717) is 11.5 Å². The number of esters is 2. The van der Waals surface area contributed by atoms with E-state index in [2.05, 4.69) is 0 Å². The highest BCUT2D eigenvalue weighted by molar-refractivity contribution is 6.06. The number of methoxy groups -OCH3 is 1. The van der Waals surface area contributed by atoms with Gasteiger partial charge in [-0.15, -0.1) is 0 Å². The van der Waals surface area contributed by atoms with E-state index in [-0.39, 0.29) is 23.5 Å². The fourth-order valence-electron chi connectivity index (χ4n) is 4.90. The topological polar surface area (TPSA) is 97.4 Å². The summed E-state index contributed by atoms with van der Waals surface area (Å²) in [5.41, 5.74) is 0.265. The van der Waals surface area contributed by atoms with Gasteiger partial charge in [-0.25, -0.2) is 0 Å². The molecule has 8 heteroatoms. The smallest absolute Gasteiger partial charge is 0.303 e. The average molecular weight is 450 g/mol. The van der Waals surface area contributed by atoms with Gasteiger partial charge in [-0.2, -0.15) is 0 Å². The van der Waals surface area contributed by atoms with E-state index in [4.69, 9.17) is 23.7 Å². The number of hydrogen-bond donors (Lipinski definition) is 0. The van der Waals surface area contributed by atoms with Crippen molar-refractivity contribution in [3.05, 3.63) is 59.9 Å². The number of hydrogen-bond acceptors (Lipinski definition) is 8. The summed E-state index contributed by atoms with van der Waals surface area (Å²) in [6, 6.07) is 11.4. The third-order valence-corrected chi connectivity index (χ3v) is 6.09. The molecule has 0 radical (unpaired) electrons. The molecule has 0 N–H and O–H groups in total. The molecule has 0 saturated heterocycles. The molecule has 0 fully saturated rings. The molecule has 3 atom stereocenters. The third kappa shape index (κ3) is 3.33. The van der Waals surface area contributed by atoms with Crippen LogP contribution < -0.4 is 9.47 Å². The largest absolute Gasteiger partial charge is 0.497 e.